The van der Waals surface area contributed by atoms with E-state index in [1.807, 2.05) is 13.8 Å². The Balaban J connectivity index is 4.70. The SMILES string of the molecule is CCN(C(=O)CN)[C@@H](CC(C)C)C(=O)O. The molecule has 0 saturated heterocycles. The summed E-state index contributed by atoms with van der Waals surface area (Å²) in [5, 5.41) is 9.03. The van der Waals surface area contributed by atoms with Crippen LogP contribution in [0.3, 0.4) is 0 Å². The molecule has 1 amide bonds. The van der Waals surface area contributed by atoms with E-state index in [2.05, 4.69) is 0 Å². The lowest BCUT2D eigenvalue weighted by molar-refractivity contribution is -0.150. The van der Waals surface area contributed by atoms with Gasteiger partial charge in [0.2, 0.25) is 5.91 Å². The second-order valence-corrected chi connectivity index (χ2v) is 3.87. The molecule has 5 nitrogen and oxygen atoms in total. The normalized spacial score (nSPS) is 12.6. The molecule has 0 saturated carbocycles. The quantitative estimate of drug-likeness (QED) is 0.668. The summed E-state index contributed by atoms with van der Waals surface area (Å²) >= 11 is 0. The smallest absolute Gasteiger partial charge is 0.326 e. The van der Waals surface area contributed by atoms with Crippen molar-refractivity contribution < 1.29 is 14.7 Å². The summed E-state index contributed by atoms with van der Waals surface area (Å²) in [6, 6.07) is -0.758. The van der Waals surface area contributed by atoms with E-state index in [1.165, 1.54) is 4.90 Å². The van der Waals surface area contributed by atoms with E-state index >= 15 is 0 Å². The fourth-order valence-electron chi connectivity index (χ4n) is 1.50. The van der Waals surface area contributed by atoms with Gasteiger partial charge in [-0.15, -0.1) is 0 Å². The summed E-state index contributed by atoms with van der Waals surface area (Å²) in [6.45, 7) is 5.84. The lowest BCUT2D eigenvalue weighted by Crippen LogP contribution is -2.47. The van der Waals surface area contributed by atoms with Gasteiger partial charge in [-0.05, 0) is 19.3 Å². The summed E-state index contributed by atoms with van der Waals surface area (Å²) in [5.74, 6) is -1.05. The molecule has 15 heavy (non-hydrogen) atoms. The van der Waals surface area contributed by atoms with Gasteiger partial charge in [0.15, 0.2) is 0 Å². The fourth-order valence-corrected chi connectivity index (χ4v) is 1.50. The summed E-state index contributed by atoms with van der Waals surface area (Å²) < 4.78 is 0. The number of carboxylic acids is 1. The van der Waals surface area contributed by atoms with E-state index in [1.54, 1.807) is 6.92 Å². The lowest BCUT2D eigenvalue weighted by Gasteiger charge is -2.28. The van der Waals surface area contributed by atoms with Crippen LogP contribution in [0, 0.1) is 5.92 Å². The molecule has 0 aromatic carbocycles. The number of nitrogens with zero attached hydrogens (tertiary/aromatic N) is 1. The highest BCUT2D eigenvalue weighted by Crippen LogP contribution is 2.12. The van der Waals surface area contributed by atoms with Crippen molar-refractivity contribution in [2.75, 3.05) is 13.1 Å². The number of nitrogens with two attached hydrogens (primary N) is 1. The van der Waals surface area contributed by atoms with E-state index < -0.39 is 12.0 Å². The van der Waals surface area contributed by atoms with Crippen molar-refractivity contribution in [3.05, 3.63) is 0 Å². The minimum absolute atomic E-state index is 0.143. The average molecular weight is 216 g/mol. The molecule has 0 rings (SSSR count). The maximum Gasteiger partial charge on any atom is 0.326 e. The number of rotatable bonds is 6. The Hall–Kier alpha value is -1.10. The molecule has 0 bridgehead atoms. The first kappa shape index (κ1) is 13.9. The van der Waals surface area contributed by atoms with Gasteiger partial charge in [0, 0.05) is 6.54 Å². The van der Waals surface area contributed by atoms with Crippen molar-refractivity contribution in [2.45, 2.75) is 33.2 Å². The van der Waals surface area contributed by atoms with Gasteiger partial charge in [-0.1, -0.05) is 13.8 Å². The number of hydrogen-bond acceptors (Lipinski definition) is 3. The van der Waals surface area contributed by atoms with Gasteiger partial charge in [0.25, 0.3) is 0 Å². The van der Waals surface area contributed by atoms with Crippen LogP contribution in [-0.2, 0) is 9.59 Å². The summed E-state index contributed by atoms with van der Waals surface area (Å²) in [6.07, 6.45) is 0.453. The summed E-state index contributed by atoms with van der Waals surface area (Å²) in [5.41, 5.74) is 5.23. The van der Waals surface area contributed by atoms with Crippen LogP contribution in [0.4, 0.5) is 0 Å². The average Bonchev–Trinajstić information content (AvgIpc) is 2.16. The van der Waals surface area contributed by atoms with E-state index in [9.17, 15) is 9.59 Å². The first-order chi connectivity index (χ1) is 6.93. The molecule has 0 aliphatic heterocycles. The van der Waals surface area contributed by atoms with Gasteiger partial charge in [-0.2, -0.15) is 0 Å². The number of carbonyl (C=O) groups excluding carboxylic acids is 1. The highest BCUT2D eigenvalue weighted by molar-refractivity contribution is 5.84. The highest BCUT2D eigenvalue weighted by Gasteiger charge is 2.28. The number of carbonyl (C=O) groups is 2. The third-order valence-corrected chi connectivity index (χ3v) is 2.19. The zero-order valence-corrected chi connectivity index (χ0v) is 9.56. The van der Waals surface area contributed by atoms with Crippen molar-refractivity contribution in [3.63, 3.8) is 0 Å². The minimum atomic E-state index is -0.965. The number of likely N-dealkylation sites (N-methyl/N-ethyl adjacent to an activating group) is 1. The number of carboxylic acid groups (broad SMARTS) is 1. The molecular weight excluding hydrogens is 196 g/mol. The monoisotopic (exact) mass is 216 g/mol. The molecule has 1 atom stereocenters. The third kappa shape index (κ3) is 4.29. The van der Waals surface area contributed by atoms with Gasteiger partial charge in [-0.25, -0.2) is 4.79 Å². The summed E-state index contributed by atoms with van der Waals surface area (Å²) in [7, 11) is 0. The van der Waals surface area contributed by atoms with Gasteiger partial charge < -0.3 is 15.7 Å². The molecule has 0 fully saturated rings. The Morgan fingerprint density at radius 2 is 1.93 bits per heavy atom. The molecule has 0 radical (unpaired) electrons. The van der Waals surface area contributed by atoms with Crippen LogP contribution in [0.25, 0.3) is 0 Å². The van der Waals surface area contributed by atoms with Gasteiger partial charge in [0.05, 0.1) is 6.54 Å². The maximum atomic E-state index is 11.4. The second kappa shape index (κ2) is 6.40. The van der Waals surface area contributed by atoms with E-state index in [4.69, 9.17) is 10.8 Å². The van der Waals surface area contributed by atoms with Crippen molar-refractivity contribution in [1.82, 2.24) is 4.90 Å². The first-order valence-electron chi connectivity index (χ1n) is 5.16. The van der Waals surface area contributed by atoms with Crippen LogP contribution in [0.5, 0.6) is 0 Å². The zero-order valence-electron chi connectivity index (χ0n) is 9.56. The third-order valence-electron chi connectivity index (χ3n) is 2.19. The minimum Gasteiger partial charge on any atom is -0.480 e. The fraction of sp³-hybridized carbons (Fsp3) is 0.800. The molecule has 0 aliphatic rings. The Kier molecular flexibility index (Phi) is 5.93. The molecule has 0 heterocycles. The lowest BCUT2D eigenvalue weighted by atomic mass is 10.0. The standard InChI is InChI=1S/C10H20N2O3/c1-4-12(9(13)6-11)8(10(14)15)5-7(2)3/h7-8H,4-6,11H2,1-3H3,(H,14,15)/t8-/m0/s1. The zero-order chi connectivity index (χ0) is 12.0. The Morgan fingerprint density at radius 1 is 1.40 bits per heavy atom. The molecular formula is C10H20N2O3. The van der Waals surface area contributed by atoms with Crippen LogP contribution in [-0.4, -0.2) is 41.0 Å². The van der Waals surface area contributed by atoms with Crippen molar-refractivity contribution in [2.24, 2.45) is 11.7 Å². The molecule has 88 valence electrons. The molecule has 3 N–H and O–H groups in total. The van der Waals surface area contributed by atoms with Crippen molar-refractivity contribution in [3.8, 4) is 0 Å². The topological polar surface area (TPSA) is 83.6 Å². The van der Waals surface area contributed by atoms with E-state index in [0.717, 1.165) is 0 Å². The first-order valence-corrected chi connectivity index (χ1v) is 5.16. The predicted molar refractivity (Wildman–Crippen MR) is 57.3 cm³/mol. The summed E-state index contributed by atoms with van der Waals surface area (Å²) in [4.78, 5) is 23.8. The van der Waals surface area contributed by atoms with Crippen LogP contribution in [0.1, 0.15) is 27.2 Å². The number of hydrogen-bond donors (Lipinski definition) is 2. The number of aliphatic carboxylic acids is 1. The second-order valence-electron chi connectivity index (χ2n) is 3.87. The maximum absolute atomic E-state index is 11.4. The molecule has 0 unspecified atom stereocenters. The van der Waals surface area contributed by atoms with Crippen molar-refractivity contribution in [1.29, 1.82) is 0 Å². The van der Waals surface area contributed by atoms with Crippen LogP contribution in [0.2, 0.25) is 0 Å². The van der Waals surface area contributed by atoms with Crippen LogP contribution >= 0.6 is 0 Å². The van der Waals surface area contributed by atoms with Gasteiger partial charge in [0.1, 0.15) is 6.04 Å². The highest BCUT2D eigenvalue weighted by atomic mass is 16.4. The largest absolute Gasteiger partial charge is 0.480 e. The molecule has 0 aliphatic carbocycles. The Bertz CT molecular complexity index is 229. The molecule has 0 aromatic rings. The Labute approximate surface area is 90.2 Å². The number of amides is 1. The van der Waals surface area contributed by atoms with E-state index in [-0.39, 0.29) is 18.4 Å². The van der Waals surface area contributed by atoms with E-state index in [0.29, 0.717) is 13.0 Å². The predicted octanol–water partition coefficient (Wildman–Crippen LogP) is 0.293. The van der Waals surface area contributed by atoms with Gasteiger partial charge >= 0.3 is 5.97 Å². The van der Waals surface area contributed by atoms with Crippen LogP contribution < -0.4 is 5.73 Å². The molecule has 0 spiro atoms. The van der Waals surface area contributed by atoms with Crippen molar-refractivity contribution >= 4 is 11.9 Å². The molecule has 5 heteroatoms. The van der Waals surface area contributed by atoms with Gasteiger partial charge in [-0.3, -0.25) is 4.79 Å². The molecule has 0 aromatic heterocycles. The van der Waals surface area contributed by atoms with Crippen LogP contribution in [0.15, 0.2) is 0 Å². The Morgan fingerprint density at radius 3 is 2.20 bits per heavy atom.